The van der Waals surface area contributed by atoms with E-state index in [1.807, 2.05) is 24.3 Å². The number of carbonyl (C=O) groups is 1. The maximum Gasteiger partial charge on any atom is 0.241 e. The molecule has 2 N–H and O–H groups in total. The third kappa shape index (κ3) is 2.94. The summed E-state index contributed by atoms with van der Waals surface area (Å²) in [5.74, 6) is 0.0404. The third-order valence-corrected chi connectivity index (χ3v) is 3.45. The van der Waals surface area contributed by atoms with E-state index in [0.717, 1.165) is 30.6 Å². The van der Waals surface area contributed by atoms with Gasteiger partial charge in [0.15, 0.2) is 6.29 Å². The molecule has 2 saturated heterocycles. The Bertz CT molecular complexity index is 435. The number of hydrogen-bond donors (Lipinski definition) is 2. The molecule has 0 bridgehead atoms. The normalized spacial score (nSPS) is 23.7. The molecular formula is C14H18N2O3. The average molecular weight is 262 g/mol. The van der Waals surface area contributed by atoms with Crippen LogP contribution in [0, 0.1) is 0 Å². The molecule has 5 nitrogen and oxygen atoms in total. The third-order valence-electron chi connectivity index (χ3n) is 3.45. The Morgan fingerprint density at radius 2 is 1.95 bits per heavy atom. The molecule has 0 aromatic heterocycles. The van der Waals surface area contributed by atoms with Crippen molar-refractivity contribution in [2.24, 2.45) is 0 Å². The first-order chi connectivity index (χ1) is 9.33. The van der Waals surface area contributed by atoms with Crippen LogP contribution in [0.4, 0.5) is 5.69 Å². The molecule has 1 aromatic carbocycles. The van der Waals surface area contributed by atoms with Crippen LogP contribution in [0.2, 0.25) is 0 Å². The molecule has 1 atom stereocenters. The van der Waals surface area contributed by atoms with E-state index in [0.29, 0.717) is 13.2 Å². The Balaban J connectivity index is 1.60. The molecule has 1 amide bonds. The molecule has 5 heteroatoms. The van der Waals surface area contributed by atoms with Gasteiger partial charge < -0.3 is 20.1 Å². The molecule has 0 radical (unpaired) electrons. The van der Waals surface area contributed by atoms with Crippen molar-refractivity contribution in [3.63, 3.8) is 0 Å². The van der Waals surface area contributed by atoms with Crippen LogP contribution in [0.1, 0.15) is 24.7 Å². The van der Waals surface area contributed by atoms with E-state index in [1.165, 1.54) is 0 Å². The van der Waals surface area contributed by atoms with Crippen LogP contribution < -0.4 is 10.6 Å². The Kier molecular flexibility index (Phi) is 3.77. The molecular weight excluding hydrogens is 244 g/mol. The zero-order chi connectivity index (χ0) is 13.1. The lowest BCUT2D eigenvalue weighted by atomic mass is 10.2. The van der Waals surface area contributed by atoms with Gasteiger partial charge in [0.05, 0.1) is 19.3 Å². The van der Waals surface area contributed by atoms with E-state index in [-0.39, 0.29) is 18.2 Å². The number of benzene rings is 1. The summed E-state index contributed by atoms with van der Waals surface area (Å²) in [6.45, 7) is 2.19. The lowest BCUT2D eigenvalue weighted by Crippen LogP contribution is -2.35. The minimum atomic E-state index is -0.263. The minimum absolute atomic E-state index is 0.0404. The number of rotatable bonds is 3. The summed E-state index contributed by atoms with van der Waals surface area (Å²) in [7, 11) is 0. The Morgan fingerprint density at radius 1 is 1.21 bits per heavy atom. The van der Waals surface area contributed by atoms with E-state index >= 15 is 0 Å². The van der Waals surface area contributed by atoms with Gasteiger partial charge in [-0.25, -0.2) is 0 Å². The van der Waals surface area contributed by atoms with E-state index in [4.69, 9.17) is 9.47 Å². The number of amides is 1. The largest absolute Gasteiger partial charge is 0.346 e. The van der Waals surface area contributed by atoms with Gasteiger partial charge in [0.1, 0.15) is 0 Å². The summed E-state index contributed by atoms with van der Waals surface area (Å²) in [6.07, 6.45) is 1.71. The van der Waals surface area contributed by atoms with Crippen LogP contribution >= 0.6 is 0 Å². The Morgan fingerprint density at radius 3 is 2.58 bits per heavy atom. The SMILES string of the molecule is O=C(Nc1ccc(C2OCCO2)cc1)C1CCCN1. The zero-order valence-electron chi connectivity index (χ0n) is 10.7. The van der Waals surface area contributed by atoms with Crippen molar-refractivity contribution in [1.29, 1.82) is 0 Å². The second kappa shape index (κ2) is 5.69. The maximum absolute atomic E-state index is 11.9. The van der Waals surface area contributed by atoms with Crippen LogP contribution in [0.15, 0.2) is 24.3 Å². The average Bonchev–Trinajstić information content (AvgIpc) is 3.13. The monoisotopic (exact) mass is 262 g/mol. The van der Waals surface area contributed by atoms with Gasteiger partial charge in [-0.05, 0) is 31.5 Å². The summed E-state index contributed by atoms with van der Waals surface area (Å²) in [5, 5.41) is 6.10. The fourth-order valence-electron chi connectivity index (χ4n) is 2.41. The zero-order valence-corrected chi connectivity index (χ0v) is 10.7. The van der Waals surface area contributed by atoms with E-state index in [2.05, 4.69) is 10.6 Å². The molecule has 19 heavy (non-hydrogen) atoms. The first-order valence-electron chi connectivity index (χ1n) is 6.70. The summed E-state index contributed by atoms with van der Waals surface area (Å²) < 4.78 is 10.8. The highest BCUT2D eigenvalue weighted by Gasteiger charge is 2.22. The maximum atomic E-state index is 11.9. The number of ether oxygens (including phenoxy) is 2. The number of nitrogens with one attached hydrogen (secondary N) is 2. The standard InChI is InChI=1S/C14H18N2O3/c17-13(12-2-1-7-15-12)16-11-5-3-10(4-6-11)14-18-8-9-19-14/h3-6,12,14-15H,1-2,7-9H2,(H,16,17). The van der Waals surface area contributed by atoms with Gasteiger partial charge in [-0.3, -0.25) is 4.79 Å². The highest BCUT2D eigenvalue weighted by atomic mass is 16.7. The highest BCUT2D eigenvalue weighted by Crippen LogP contribution is 2.24. The fourth-order valence-corrected chi connectivity index (χ4v) is 2.41. The Hall–Kier alpha value is -1.43. The van der Waals surface area contributed by atoms with E-state index < -0.39 is 0 Å². The lowest BCUT2D eigenvalue weighted by Gasteiger charge is -2.13. The van der Waals surface area contributed by atoms with Crippen LogP contribution in [-0.2, 0) is 14.3 Å². The van der Waals surface area contributed by atoms with E-state index in [1.54, 1.807) is 0 Å². The van der Waals surface area contributed by atoms with Crippen LogP contribution in [-0.4, -0.2) is 31.7 Å². The van der Waals surface area contributed by atoms with Crippen molar-refractivity contribution >= 4 is 11.6 Å². The summed E-state index contributed by atoms with van der Waals surface area (Å²) >= 11 is 0. The first kappa shape index (κ1) is 12.6. The summed E-state index contributed by atoms with van der Waals surface area (Å²) in [5.41, 5.74) is 1.79. The van der Waals surface area contributed by atoms with Gasteiger partial charge in [-0.15, -0.1) is 0 Å². The van der Waals surface area contributed by atoms with Crippen molar-refractivity contribution in [2.75, 3.05) is 25.1 Å². The second-order valence-electron chi connectivity index (χ2n) is 4.83. The number of carbonyl (C=O) groups excluding carboxylic acids is 1. The minimum Gasteiger partial charge on any atom is -0.346 e. The van der Waals surface area contributed by atoms with Gasteiger partial charge >= 0.3 is 0 Å². The van der Waals surface area contributed by atoms with Crippen molar-refractivity contribution < 1.29 is 14.3 Å². The van der Waals surface area contributed by atoms with Crippen LogP contribution in [0.3, 0.4) is 0 Å². The van der Waals surface area contributed by atoms with Crippen molar-refractivity contribution in [2.45, 2.75) is 25.2 Å². The summed E-state index contributed by atoms with van der Waals surface area (Å²) in [6, 6.07) is 7.56. The van der Waals surface area contributed by atoms with Gasteiger partial charge in [-0.1, -0.05) is 12.1 Å². The van der Waals surface area contributed by atoms with Gasteiger partial charge in [0.25, 0.3) is 0 Å². The molecule has 0 saturated carbocycles. The lowest BCUT2D eigenvalue weighted by molar-refractivity contribution is -0.117. The van der Waals surface area contributed by atoms with Gasteiger partial charge in [0.2, 0.25) is 5.91 Å². The smallest absolute Gasteiger partial charge is 0.241 e. The quantitative estimate of drug-likeness (QED) is 0.865. The molecule has 1 unspecified atom stereocenters. The summed E-state index contributed by atoms with van der Waals surface area (Å²) in [4.78, 5) is 11.9. The number of anilines is 1. The van der Waals surface area contributed by atoms with Gasteiger partial charge in [0, 0.05) is 11.3 Å². The Labute approximate surface area is 112 Å². The van der Waals surface area contributed by atoms with Gasteiger partial charge in [-0.2, -0.15) is 0 Å². The fraction of sp³-hybridized carbons (Fsp3) is 0.500. The van der Waals surface area contributed by atoms with Crippen molar-refractivity contribution in [3.8, 4) is 0 Å². The molecule has 3 rings (SSSR count). The van der Waals surface area contributed by atoms with E-state index in [9.17, 15) is 4.79 Å². The predicted octanol–water partition coefficient (Wildman–Crippen LogP) is 1.42. The van der Waals surface area contributed by atoms with Crippen molar-refractivity contribution in [3.05, 3.63) is 29.8 Å². The first-order valence-corrected chi connectivity index (χ1v) is 6.70. The van der Waals surface area contributed by atoms with Crippen LogP contribution in [0.5, 0.6) is 0 Å². The molecule has 0 aliphatic carbocycles. The molecule has 0 spiro atoms. The van der Waals surface area contributed by atoms with Crippen molar-refractivity contribution in [1.82, 2.24) is 5.32 Å². The molecule has 2 fully saturated rings. The molecule has 2 aliphatic heterocycles. The molecule has 2 aliphatic rings. The molecule has 102 valence electrons. The predicted molar refractivity (Wildman–Crippen MR) is 70.7 cm³/mol. The molecule has 1 aromatic rings. The molecule has 2 heterocycles. The number of hydrogen-bond acceptors (Lipinski definition) is 4. The topological polar surface area (TPSA) is 59.6 Å². The second-order valence-corrected chi connectivity index (χ2v) is 4.83. The highest BCUT2D eigenvalue weighted by molar-refractivity contribution is 5.95. The van der Waals surface area contributed by atoms with Crippen LogP contribution in [0.25, 0.3) is 0 Å².